The first-order valence-electron chi connectivity index (χ1n) is 8.67. The van der Waals surface area contributed by atoms with Gasteiger partial charge >= 0.3 is 0 Å². The molecule has 0 unspecified atom stereocenters. The summed E-state index contributed by atoms with van der Waals surface area (Å²) in [6.07, 6.45) is 0.938. The van der Waals surface area contributed by atoms with E-state index in [-0.39, 0.29) is 12.3 Å². The first kappa shape index (κ1) is 18.5. The lowest BCUT2D eigenvalue weighted by Crippen LogP contribution is -2.27. The zero-order valence-corrected chi connectivity index (χ0v) is 15.4. The van der Waals surface area contributed by atoms with Crippen LogP contribution in [0.4, 0.5) is 0 Å². The minimum Gasteiger partial charge on any atom is -0.497 e. The van der Waals surface area contributed by atoms with Gasteiger partial charge in [0.2, 0.25) is 5.91 Å². The van der Waals surface area contributed by atoms with Gasteiger partial charge in [-0.05, 0) is 48.4 Å². The summed E-state index contributed by atoms with van der Waals surface area (Å²) < 4.78 is 15.6. The van der Waals surface area contributed by atoms with Crippen molar-refractivity contribution in [3.05, 3.63) is 65.9 Å². The molecule has 0 aliphatic heterocycles. The molecule has 140 valence electrons. The Labute approximate surface area is 158 Å². The summed E-state index contributed by atoms with van der Waals surface area (Å²) in [6.45, 7) is 0.564. The number of nitrogens with zero attached hydrogens (tertiary/aromatic N) is 1. The van der Waals surface area contributed by atoms with Crippen molar-refractivity contribution in [3.8, 4) is 22.8 Å². The number of carbonyl (C=O) groups excluding carboxylic acids is 1. The largest absolute Gasteiger partial charge is 0.497 e. The van der Waals surface area contributed by atoms with E-state index in [2.05, 4.69) is 10.5 Å². The summed E-state index contributed by atoms with van der Waals surface area (Å²) in [5.41, 5.74) is 2.62. The van der Waals surface area contributed by atoms with Gasteiger partial charge in [-0.1, -0.05) is 17.3 Å². The fourth-order valence-electron chi connectivity index (χ4n) is 2.65. The Balaban J connectivity index is 1.48. The second-order valence-electron chi connectivity index (χ2n) is 6.04. The standard InChI is InChI=1S/C21H22N2O4/c1-25-18-7-3-15(4-8-18)11-12-22-21(24)14-17-13-20(27-23-17)16-5-9-19(26-2)10-6-16/h3-10,13H,11-12,14H2,1-2H3,(H,22,24). The van der Waals surface area contributed by atoms with Crippen molar-refractivity contribution in [1.82, 2.24) is 10.5 Å². The lowest BCUT2D eigenvalue weighted by molar-refractivity contribution is -0.120. The minimum absolute atomic E-state index is 0.0851. The normalized spacial score (nSPS) is 10.4. The van der Waals surface area contributed by atoms with Crippen molar-refractivity contribution in [2.75, 3.05) is 20.8 Å². The smallest absolute Gasteiger partial charge is 0.226 e. The van der Waals surface area contributed by atoms with E-state index >= 15 is 0 Å². The first-order chi connectivity index (χ1) is 13.2. The highest BCUT2D eigenvalue weighted by Crippen LogP contribution is 2.23. The Morgan fingerprint density at radius 2 is 1.63 bits per heavy atom. The van der Waals surface area contributed by atoms with Gasteiger partial charge in [-0.25, -0.2) is 0 Å². The molecule has 1 amide bonds. The molecule has 0 saturated heterocycles. The molecule has 0 bridgehead atoms. The molecule has 3 rings (SSSR count). The molecule has 6 heteroatoms. The SMILES string of the molecule is COc1ccc(CCNC(=O)Cc2cc(-c3ccc(OC)cc3)on2)cc1. The summed E-state index contributed by atoms with van der Waals surface area (Å²) in [7, 11) is 3.26. The first-order valence-corrected chi connectivity index (χ1v) is 8.67. The summed E-state index contributed by atoms with van der Waals surface area (Å²) in [6, 6.07) is 17.1. The molecule has 3 aromatic rings. The number of aromatic nitrogens is 1. The highest BCUT2D eigenvalue weighted by molar-refractivity contribution is 5.78. The zero-order valence-electron chi connectivity index (χ0n) is 15.4. The van der Waals surface area contributed by atoms with Crippen molar-refractivity contribution < 1.29 is 18.8 Å². The zero-order chi connectivity index (χ0) is 19.1. The van der Waals surface area contributed by atoms with E-state index in [0.717, 1.165) is 29.0 Å². The molecular weight excluding hydrogens is 344 g/mol. The molecule has 0 fully saturated rings. The molecule has 1 heterocycles. The number of methoxy groups -OCH3 is 2. The van der Waals surface area contributed by atoms with Gasteiger partial charge < -0.3 is 19.3 Å². The molecule has 0 atom stereocenters. The second-order valence-corrected chi connectivity index (χ2v) is 6.04. The number of carbonyl (C=O) groups is 1. The topological polar surface area (TPSA) is 73.6 Å². The summed E-state index contributed by atoms with van der Waals surface area (Å²) in [4.78, 5) is 12.1. The van der Waals surface area contributed by atoms with Crippen molar-refractivity contribution >= 4 is 5.91 Å². The highest BCUT2D eigenvalue weighted by atomic mass is 16.5. The van der Waals surface area contributed by atoms with Crippen molar-refractivity contribution in [3.63, 3.8) is 0 Å². The molecule has 0 radical (unpaired) electrons. The molecular formula is C21H22N2O4. The molecule has 6 nitrogen and oxygen atoms in total. The van der Waals surface area contributed by atoms with E-state index < -0.39 is 0 Å². The van der Waals surface area contributed by atoms with E-state index in [1.165, 1.54) is 0 Å². The molecule has 0 spiro atoms. The molecule has 2 aromatic carbocycles. The molecule has 0 aliphatic carbocycles. The number of hydrogen-bond acceptors (Lipinski definition) is 5. The van der Waals surface area contributed by atoms with Gasteiger partial charge in [0.05, 0.1) is 26.3 Å². The Kier molecular flexibility index (Phi) is 6.10. The lowest BCUT2D eigenvalue weighted by atomic mass is 10.1. The van der Waals surface area contributed by atoms with E-state index in [1.807, 2.05) is 48.5 Å². The van der Waals surface area contributed by atoms with Crippen molar-refractivity contribution in [2.24, 2.45) is 0 Å². The molecule has 27 heavy (non-hydrogen) atoms. The third-order valence-corrected chi connectivity index (χ3v) is 4.17. The number of ether oxygens (including phenoxy) is 2. The van der Waals surface area contributed by atoms with Gasteiger partial charge in [-0.3, -0.25) is 4.79 Å². The maximum Gasteiger partial charge on any atom is 0.226 e. The van der Waals surface area contributed by atoms with Crippen LogP contribution in [0.1, 0.15) is 11.3 Å². The predicted octanol–water partition coefficient (Wildman–Crippen LogP) is 3.26. The molecule has 1 N–H and O–H groups in total. The maximum absolute atomic E-state index is 12.1. The average Bonchev–Trinajstić information content (AvgIpc) is 3.17. The molecule has 0 aliphatic rings. The van der Waals surface area contributed by atoms with Crippen LogP contribution in [0.5, 0.6) is 11.5 Å². The van der Waals surface area contributed by atoms with Crippen LogP contribution in [-0.2, 0) is 17.6 Å². The monoisotopic (exact) mass is 366 g/mol. The third-order valence-electron chi connectivity index (χ3n) is 4.17. The van der Waals surface area contributed by atoms with Crippen LogP contribution < -0.4 is 14.8 Å². The second kappa shape index (κ2) is 8.89. The van der Waals surface area contributed by atoms with E-state index in [1.54, 1.807) is 20.3 Å². The van der Waals surface area contributed by atoms with Gasteiger partial charge in [0.15, 0.2) is 5.76 Å². The van der Waals surface area contributed by atoms with Crippen molar-refractivity contribution in [2.45, 2.75) is 12.8 Å². The average molecular weight is 366 g/mol. The molecule has 1 aromatic heterocycles. The third kappa shape index (κ3) is 5.10. The fraction of sp³-hybridized carbons (Fsp3) is 0.238. The van der Waals surface area contributed by atoms with Gasteiger partial charge in [0.25, 0.3) is 0 Å². The summed E-state index contributed by atoms with van der Waals surface area (Å²) >= 11 is 0. The van der Waals surface area contributed by atoms with Crippen LogP contribution in [-0.4, -0.2) is 31.8 Å². The van der Waals surface area contributed by atoms with Gasteiger partial charge in [-0.2, -0.15) is 0 Å². The van der Waals surface area contributed by atoms with Crippen LogP contribution >= 0.6 is 0 Å². The number of hydrogen-bond donors (Lipinski definition) is 1. The summed E-state index contributed by atoms with van der Waals surface area (Å²) in [5, 5.41) is 6.88. The number of benzene rings is 2. The quantitative estimate of drug-likeness (QED) is 0.662. The predicted molar refractivity (Wildman–Crippen MR) is 102 cm³/mol. The van der Waals surface area contributed by atoms with Crippen LogP contribution in [0.2, 0.25) is 0 Å². The Morgan fingerprint density at radius 3 is 2.26 bits per heavy atom. The van der Waals surface area contributed by atoms with Crippen LogP contribution in [0.3, 0.4) is 0 Å². The van der Waals surface area contributed by atoms with Gasteiger partial charge in [0.1, 0.15) is 11.5 Å². The van der Waals surface area contributed by atoms with E-state index in [4.69, 9.17) is 14.0 Å². The Hall–Kier alpha value is -3.28. The summed E-state index contributed by atoms with van der Waals surface area (Å²) in [5.74, 6) is 2.13. The molecule has 0 saturated carbocycles. The fourth-order valence-corrected chi connectivity index (χ4v) is 2.65. The van der Waals surface area contributed by atoms with Gasteiger partial charge in [0, 0.05) is 18.2 Å². The van der Waals surface area contributed by atoms with E-state index in [0.29, 0.717) is 18.0 Å². The Morgan fingerprint density at radius 1 is 1.00 bits per heavy atom. The maximum atomic E-state index is 12.1. The minimum atomic E-state index is -0.0851. The van der Waals surface area contributed by atoms with Crippen LogP contribution in [0, 0.1) is 0 Å². The lowest BCUT2D eigenvalue weighted by Gasteiger charge is -2.05. The Bertz CT molecular complexity index is 870. The van der Waals surface area contributed by atoms with Crippen LogP contribution in [0.25, 0.3) is 11.3 Å². The van der Waals surface area contributed by atoms with Crippen LogP contribution in [0.15, 0.2) is 59.1 Å². The van der Waals surface area contributed by atoms with Gasteiger partial charge in [-0.15, -0.1) is 0 Å². The number of nitrogens with one attached hydrogen (secondary N) is 1. The highest BCUT2D eigenvalue weighted by Gasteiger charge is 2.10. The van der Waals surface area contributed by atoms with Crippen molar-refractivity contribution in [1.29, 1.82) is 0 Å². The number of amides is 1. The number of rotatable bonds is 8. The van der Waals surface area contributed by atoms with E-state index in [9.17, 15) is 4.79 Å².